The molecule has 0 spiro atoms. The van der Waals surface area contributed by atoms with Crippen molar-refractivity contribution in [3.63, 3.8) is 0 Å². The van der Waals surface area contributed by atoms with Crippen molar-refractivity contribution in [2.24, 2.45) is 0 Å². The van der Waals surface area contributed by atoms with Gasteiger partial charge in [0.2, 0.25) is 0 Å². The second-order valence-corrected chi connectivity index (χ2v) is 7.97. The molecule has 1 rings (SSSR count). The molecule has 0 aliphatic heterocycles. The first-order chi connectivity index (χ1) is 8.43. The van der Waals surface area contributed by atoms with Crippen LogP contribution in [0.25, 0.3) is 0 Å². The maximum absolute atomic E-state index is 2.30. The zero-order valence-electron chi connectivity index (χ0n) is 11.2. The van der Waals surface area contributed by atoms with E-state index >= 15 is 0 Å². The Balaban J connectivity index is 1.85. The molecule has 0 aliphatic carbocycles. The van der Waals surface area contributed by atoms with Gasteiger partial charge in [0.25, 0.3) is 0 Å². The Bertz CT molecular complexity index is 255. The number of rotatable bonds is 10. The Hall–Kier alpha value is 0.00961. The van der Waals surface area contributed by atoms with Gasteiger partial charge >= 0.3 is 118 Å². The van der Waals surface area contributed by atoms with Gasteiger partial charge in [0.05, 0.1) is 0 Å². The van der Waals surface area contributed by atoms with Crippen LogP contribution in [-0.2, 0) is 0 Å². The quantitative estimate of drug-likeness (QED) is 0.430. The van der Waals surface area contributed by atoms with Gasteiger partial charge < -0.3 is 0 Å². The molecule has 0 amide bonds. The summed E-state index contributed by atoms with van der Waals surface area (Å²) in [7, 11) is 0. The van der Waals surface area contributed by atoms with E-state index in [1.54, 1.807) is 3.61 Å². The predicted molar refractivity (Wildman–Crippen MR) is 79.2 cm³/mol. The molecule has 0 nitrogen and oxygen atoms in total. The van der Waals surface area contributed by atoms with E-state index in [9.17, 15) is 0 Å². The molecule has 0 aliphatic rings. The third-order valence-corrected chi connectivity index (χ3v) is 6.14. The summed E-state index contributed by atoms with van der Waals surface area (Å²) in [5, 5.41) is 0. The molecule has 1 heteroatoms. The maximum atomic E-state index is 2.30. The van der Waals surface area contributed by atoms with E-state index in [1.807, 2.05) is 0 Å². The SMILES string of the molecule is CCCCCCCCCC[Te]c1ccccc1. The molecule has 0 heterocycles. The van der Waals surface area contributed by atoms with Crippen molar-refractivity contribution in [2.45, 2.75) is 62.8 Å². The minimum absolute atomic E-state index is 0.119. The first-order valence-electron chi connectivity index (χ1n) is 7.11. The zero-order valence-corrected chi connectivity index (χ0v) is 13.5. The number of unbranched alkanes of at least 4 members (excludes halogenated alkanes) is 7. The van der Waals surface area contributed by atoms with Crippen LogP contribution < -0.4 is 3.61 Å². The summed E-state index contributed by atoms with van der Waals surface area (Å²) in [4.78, 5) is 0. The van der Waals surface area contributed by atoms with E-state index in [1.165, 1.54) is 55.8 Å². The van der Waals surface area contributed by atoms with Crippen molar-refractivity contribution >= 4 is 24.5 Å². The molecule has 0 saturated carbocycles. The van der Waals surface area contributed by atoms with Gasteiger partial charge in [-0.2, -0.15) is 0 Å². The van der Waals surface area contributed by atoms with Crippen LogP contribution in [0.3, 0.4) is 0 Å². The molecule has 17 heavy (non-hydrogen) atoms. The Kier molecular flexibility index (Phi) is 9.86. The van der Waals surface area contributed by atoms with Crippen molar-refractivity contribution in [2.75, 3.05) is 0 Å². The van der Waals surface area contributed by atoms with E-state index in [0.29, 0.717) is 0 Å². The molecule has 0 bridgehead atoms. The van der Waals surface area contributed by atoms with E-state index in [0.717, 1.165) is 0 Å². The Morgan fingerprint density at radius 2 is 1.35 bits per heavy atom. The van der Waals surface area contributed by atoms with E-state index in [-0.39, 0.29) is 20.9 Å². The van der Waals surface area contributed by atoms with Crippen LogP contribution in [0, 0.1) is 0 Å². The fourth-order valence-electron chi connectivity index (χ4n) is 1.94. The normalized spacial score (nSPS) is 10.6. The number of hydrogen-bond donors (Lipinski definition) is 0. The van der Waals surface area contributed by atoms with Crippen LogP contribution in [0.4, 0.5) is 0 Å². The number of hydrogen-bond acceptors (Lipinski definition) is 0. The molecule has 0 aromatic heterocycles. The van der Waals surface area contributed by atoms with Crippen molar-refractivity contribution in [1.29, 1.82) is 0 Å². The van der Waals surface area contributed by atoms with E-state index in [4.69, 9.17) is 0 Å². The minimum atomic E-state index is 0.119. The molecule has 0 N–H and O–H groups in total. The summed E-state index contributed by atoms with van der Waals surface area (Å²) in [6.07, 6.45) is 11.6. The fourth-order valence-corrected chi connectivity index (χ4v) is 4.61. The third-order valence-electron chi connectivity index (χ3n) is 3.01. The van der Waals surface area contributed by atoms with Crippen LogP contribution in [0.5, 0.6) is 0 Å². The van der Waals surface area contributed by atoms with Crippen LogP contribution in [-0.4, -0.2) is 20.9 Å². The topological polar surface area (TPSA) is 0 Å². The van der Waals surface area contributed by atoms with Gasteiger partial charge in [-0.15, -0.1) is 0 Å². The summed E-state index contributed by atoms with van der Waals surface area (Å²) < 4.78 is 3.12. The van der Waals surface area contributed by atoms with Crippen LogP contribution in [0.15, 0.2) is 30.3 Å². The summed E-state index contributed by atoms with van der Waals surface area (Å²) >= 11 is 0.119. The molecule has 0 fully saturated rings. The van der Waals surface area contributed by atoms with Crippen molar-refractivity contribution in [3.8, 4) is 0 Å². The molecule has 1 aromatic rings. The number of benzene rings is 1. The van der Waals surface area contributed by atoms with Crippen LogP contribution in [0.2, 0.25) is 4.47 Å². The molecule has 0 radical (unpaired) electrons. The van der Waals surface area contributed by atoms with Gasteiger partial charge in [-0.25, -0.2) is 0 Å². The van der Waals surface area contributed by atoms with E-state index in [2.05, 4.69) is 37.3 Å². The zero-order chi connectivity index (χ0) is 12.2. The standard InChI is InChI=1S/C16H26Te/c1-2-3-4-5-6-7-8-12-15-17-16-13-10-9-11-14-16/h9-11,13-14H,2-8,12,15H2,1H3. The predicted octanol–water partition coefficient (Wildman–Crippen LogP) is 4.58. The molecular weight excluding hydrogens is 320 g/mol. The summed E-state index contributed by atoms with van der Waals surface area (Å²) in [5.74, 6) is 0. The van der Waals surface area contributed by atoms with Gasteiger partial charge in [-0.05, 0) is 0 Å². The molecule has 96 valence electrons. The van der Waals surface area contributed by atoms with Gasteiger partial charge in [0, 0.05) is 0 Å². The monoisotopic (exact) mass is 348 g/mol. The van der Waals surface area contributed by atoms with Crippen LogP contribution in [0.1, 0.15) is 58.3 Å². The van der Waals surface area contributed by atoms with Gasteiger partial charge in [0.1, 0.15) is 0 Å². The van der Waals surface area contributed by atoms with Crippen molar-refractivity contribution in [1.82, 2.24) is 0 Å². The van der Waals surface area contributed by atoms with Gasteiger partial charge in [0.15, 0.2) is 0 Å². The molecule has 0 atom stereocenters. The summed E-state index contributed by atoms with van der Waals surface area (Å²) in [6, 6.07) is 11.1. The van der Waals surface area contributed by atoms with Gasteiger partial charge in [-0.3, -0.25) is 0 Å². The molecule has 0 unspecified atom stereocenters. The van der Waals surface area contributed by atoms with Crippen LogP contribution >= 0.6 is 0 Å². The first-order valence-corrected chi connectivity index (χ1v) is 9.92. The second kappa shape index (κ2) is 11.1. The molecule has 0 saturated heterocycles. The Labute approximate surface area is 117 Å². The van der Waals surface area contributed by atoms with Gasteiger partial charge in [-0.1, -0.05) is 0 Å². The fraction of sp³-hybridized carbons (Fsp3) is 0.625. The summed E-state index contributed by atoms with van der Waals surface area (Å²) in [5.41, 5.74) is 0. The van der Waals surface area contributed by atoms with Crippen molar-refractivity contribution < 1.29 is 0 Å². The molecular formula is C16H26Te. The molecule has 1 aromatic carbocycles. The van der Waals surface area contributed by atoms with E-state index < -0.39 is 0 Å². The average Bonchev–Trinajstić information content (AvgIpc) is 2.38. The Morgan fingerprint density at radius 1 is 0.765 bits per heavy atom. The first kappa shape index (κ1) is 15.1. The average molecular weight is 346 g/mol. The summed E-state index contributed by atoms with van der Waals surface area (Å²) in [6.45, 7) is 2.29. The second-order valence-electron chi connectivity index (χ2n) is 4.64. The Morgan fingerprint density at radius 3 is 2.00 bits per heavy atom. The third kappa shape index (κ3) is 8.70. The van der Waals surface area contributed by atoms with Crippen molar-refractivity contribution in [3.05, 3.63) is 30.3 Å².